The number of carbonyl (C=O) groups excluding carboxylic acids is 3. The summed E-state index contributed by atoms with van der Waals surface area (Å²) in [7, 11) is 0. The highest BCUT2D eigenvalue weighted by Crippen LogP contribution is 2.30. The number of hydrogen-bond acceptors (Lipinski definition) is 4. The lowest BCUT2D eigenvalue weighted by atomic mass is 10.1. The number of ketones is 1. The van der Waals surface area contributed by atoms with Crippen molar-refractivity contribution in [1.82, 2.24) is 10.0 Å². The Kier molecular flexibility index (Phi) is 1.94. The largest absolute Gasteiger partial charge is 0.298 e. The van der Waals surface area contributed by atoms with Crippen LogP contribution in [0.4, 0.5) is 0 Å². The molecule has 1 fully saturated rings. The number of hydrazine groups is 1. The maximum absolute atomic E-state index is 12.0. The molecule has 0 radical (unpaired) electrons. The number of nitrogens with zero attached hydrogens (tertiary/aromatic N) is 2. The number of Topliss-reactive ketones (excluding diaryl/α,β-unsaturated/α-hetero) is 1. The van der Waals surface area contributed by atoms with Crippen molar-refractivity contribution in [3.8, 4) is 0 Å². The third-order valence-electron chi connectivity index (χ3n) is 3.08. The minimum Gasteiger partial charge on any atom is -0.298 e. The van der Waals surface area contributed by atoms with E-state index in [1.54, 1.807) is 24.3 Å². The first-order chi connectivity index (χ1) is 8.11. The van der Waals surface area contributed by atoms with Crippen molar-refractivity contribution in [2.75, 3.05) is 6.54 Å². The zero-order valence-corrected chi connectivity index (χ0v) is 9.21. The summed E-state index contributed by atoms with van der Waals surface area (Å²) in [6.07, 6.45) is 0. The number of benzene rings is 1. The Morgan fingerprint density at radius 1 is 1.18 bits per heavy atom. The van der Waals surface area contributed by atoms with Gasteiger partial charge >= 0.3 is 0 Å². The van der Waals surface area contributed by atoms with Gasteiger partial charge in [-0.25, -0.2) is 5.01 Å². The standard InChI is InChI=1S/C12H10N2O3/c1-7(15)10-6-13(10)14-11(16)8-4-2-3-5-9(8)12(14)17/h2-5,10H,6H2,1H3. The summed E-state index contributed by atoms with van der Waals surface area (Å²) in [6, 6.07) is 6.37. The molecule has 2 amide bonds. The topological polar surface area (TPSA) is 57.5 Å². The van der Waals surface area contributed by atoms with Gasteiger partial charge in [-0.15, -0.1) is 0 Å². The van der Waals surface area contributed by atoms with Crippen LogP contribution >= 0.6 is 0 Å². The van der Waals surface area contributed by atoms with E-state index in [1.165, 1.54) is 11.9 Å². The van der Waals surface area contributed by atoms with Crippen LogP contribution in [-0.2, 0) is 4.79 Å². The fraction of sp³-hybridized carbons (Fsp3) is 0.250. The maximum atomic E-state index is 12.0. The molecule has 1 aromatic carbocycles. The van der Waals surface area contributed by atoms with E-state index in [9.17, 15) is 14.4 Å². The lowest BCUT2D eigenvalue weighted by Gasteiger charge is -2.14. The van der Waals surface area contributed by atoms with Crippen molar-refractivity contribution in [3.05, 3.63) is 35.4 Å². The fourth-order valence-electron chi connectivity index (χ4n) is 2.10. The Hall–Kier alpha value is -2.01. The lowest BCUT2D eigenvalue weighted by Crippen LogP contribution is -2.37. The average Bonchev–Trinajstić information content (AvgIpc) is 3.05. The van der Waals surface area contributed by atoms with Crippen LogP contribution in [0, 0.1) is 0 Å². The van der Waals surface area contributed by atoms with Crippen molar-refractivity contribution in [1.29, 1.82) is 0 Å². The molecule has 17 heavy (non-hydrogen) atoms. The minimum atomic E-state index is -0.339. The molecule has 2 aliphatic rings. The Morgan fingerprint density at radius 2 is 1.71 bits per heavy atom. The molecule has 1 aromatic rings. The third kappa shape index (κ3) is 1.32. The van der Waals surface area contributed by atoms with E-state index in [-0.39, 0.29) is 23.6 Å². The predicted molar refractivity (Wildman–Crippen MR) is 58.1 cm³/mol. The molecule has 0 aliphatic carbocycles. The molecule has 2 unspecified atom stereocenters. The zero-order chi connectivity index (χ0) is 12.2. The van der Waals surface area contributed by atoms with Crippen molar-refractivity contribution >= 4 is 17.6 Å². The van der Waals surface area contributed by atoms with E-state index < -0.39 is 0 Å². The Balaban J connectivity index is 1.94. The van der Waals surface area contributed by atoms with Crippen molar-refractivity contribution in [3.63, 3.8) is 0 Å². The van der Waals surface area contributed by atoms with Gasteiger partial charge in [-0.1, -0.05) is 12.1 Å². The summed E-state index contributed by atoms with van der Waals surface area (Å²) in [5.41, 5.74) is 0.818. The summed E-state index contributed by atoms with van der Waals surface area (Å²) in [4.78, 5) is 35.2. The second kappa shape index (κ2) is 3.24. The molecule has 2 heterocycles. The molecule has 2 aliphatic heterocycles. The first-order valence-electron chi connectivity index (χ1n) is 5.36. The van der Waals surface area contributed by atoms with Gasteiger partial charge in [0.25, 0.3) is 11.8 Å². The number of hydrogen-bond donors (Lipinski definition) is 0. The van der Waals surface area contributed by atoms with Crippen LogP contribution in [0.1, 0.15) is 27.6 Å². The van der Waals surface area contributed by atoms with Crippen molar-refractivity contribution in [2.45, 2.75) is 13.0 Å². The fourth-order valence-corrected chi connectivity index (χ4v) is 2.10. The van der Waals surface area contributed by atoms with Gasteiger partial charge in [-0.05, 0) is 19.1 Å². The van der Waals surface area contributed by atoms with Crippen LogP contribution < -0.4 is 0 Å². The highest BCUT2D eigenvalue weighted by Gasteiger charge is 2.50. The normalized spacial score (nSPS) is 26.1. The van der Waals surface area contributed by atoms with E-state index in [0.717, 1.165) is 5.01 Å². The molecule has 1 saturated heterocycles. The first kappa shape index (κ1) is 10.2. The van der Waals surface area contributed by atoms with Crippen molar-refractivity contribution in [2.24, 2.45) is 0 Å². The van der Waals surface area contributed by atoms with Crippen LogP contribution in [0.15, 0.2) is 24.3 Å². The van der Waals surface area contributed by atoms with Gasteiger partial charge in [-0.2, -0.15) is 5.01 Å². The van der Waals surface area contributed by atoms with E-state index >= 15 is 0 Å². The number of imide groups is 1. The lowest BCUT2D eigenvalue weighted by molar-refractivity contribution is -0.117. The maximum Gasteiger partial charge on any atom is 0.276 e. The van der Waals surface area contributed by atoms with Gasteiger partial charge in [0, 0.05) is 6.54 Å². The number of carbonyl (C=O) groups is 3. The summed E-state index contributed by atoms with van der Waals surface area (Å²) in [5, 5.41) is 2.59. The molecule has 5 nitrogen and oxygen atoms in total. The van der Waals surface area contributed by atoms with E-state index in [1.807, 2.05) is 0 Å². The predicted octanol–water partition coefficient (Wildman–Crippen LogP) is 0.471. The highest BCUT2D eigenvalue weighted by atomic mass is 16.2. The highest BCUT2D eigenvalue weighted by molar-refractivity contribution is 6.21. The molecule has 0 saturated carbocycles. The summed E-state index contributed by atoms with van der Waals surface area (Å²) < 4.78 is 0. The molecule has 0 bridgehead atoms. The Bertz CT molecular complexity index is 517. The summed E-state index contributed by atoms with van der Waals surface area (Å²) in [5.74, 6) is -0.703. The van der Waals surface area contributed by atoms with Crippen molar-refractivity contribution < 1.29 is 14.4 Å². The summed E-state index contributed by atoms with van der Waals surface area (Å²) >= 11 is 0. The van der Waals surface area contributed by atoms with Crippen LogP contribution in [0.25, 0.3) is 0 Å². The smallest absolute Gasteiger partial charge is 0.276 e. The Morgan fingerprint density at radius 3 is 2.12 bits per heavy atom. The van der Waals surface area contributed by atoms with Gasteiger partial charge in [0.1, 0.15) is 11.8 Å². The van der Waals surface area contributed by atoms with E-state index in [4.69, 9.17) is 0 Å². The van der Waals surface area contributed by atoms with Crippen LogP contribution in [-0.4, -0.2) is 40.2 Å². The summed E-state index contributed by atoms with van der Waals surface area (Å²) in [6.45, 7) is 1.91. The second-order valence-corrected chi connectivity index (χ2v) is 4.22. The molecule has 0 aromatic heterocycles. The van der Waals surface area contributed by atoms with Crippen LogP contribution in [0.2, 0.25) is 0 Å². The number of fused-ring (bicyclic) bond motifs is 1. The number of amides is 2. The number of rotatable bonds is 2. The van der Waals surface area contributed by atoms with Crippen LogP contribution in [0.3, 0.4) is 0 Å². The van der Waals surface area contributed by atoms with Crippen LogP contribution in [0.5, 0.6) is 0 Å². The molecular formula is C12H10N2O3. The van der Waals surface area contributed by atoms with E-state index in [2.05, 4.69) is 0 Å². The molecule has 0 N–H and O–H groups in total. The molecule has 3 rings (SSSR count). The van der Waals surface area contributed by atoms with E-state index in [0.29, 0.717) is 17.7 Å². The molecule has 5 heteroatoms. The van der Waals surface area contributed by atoms with Gasteiger partial charge in [-0.3, -0.25) is 14.4 Å². The quantitative estimate of drug-likeness (QED) is 0.547. The monoisotopic (exact) mass is 230 g/mol. The van der Waals surface area contributed by atoms with Gasteiger partial charge < -0.3 is 0 Å². The van der Waals surface area contributed by atoms with Gasteiger partial charge in [0.15, 0.2) is 0 Å². The second-order valence-electron chi connectivity index (χ2n) is 4.22. The molecular weight excluding hydrogens is 220 g/mol. The molecule has 0 spiro atoms. The van der Waals surface area contributed by atoms with Gasteiger partial charge in [0.05, 0.1) is 11.1 Å². The van der Waals surface area contributed by atoms with Gasteiger partial charge in [0.2, 0.25) is 0 Å². The molecule has 86 valence electrons. The zero-order valence-electron chi connectivity index (χ0n) is 9.21. The molecule has 2 atom stereocenters. The first-order valence-corrected chi connectivity index (χ1v) is 5.36. The average molecular weight is 230 g/mol. The Labute approximate surface area is 97.6 Å². The SMILES string of the molecule is CC(=O)C1CN1N1C(=O)c2ccccc2C1=O. The minimum absolute atomic E-state index is 0.0263. The third-order valence-corrected chi connectivity index (χ3v) is 3.08.